The lowest BCUT2D eigenvalue weighted by atomic mass is 9.95. The number of likely N-dealkylation sites (tertiary alicyclic amines) is 1. The SMILES string of the molecule is CCc1nc2sc([C@@H](c3ccc([N+](=O)[O-])cc3)N3CCC[C@H](C)C3)c(O)n2n1. The first-order chi connectivity index (χ1) is 13.5. The van der Waals surface area contributed by atoms with E-state index in [9.17, 15) is 15.2 Å². The summed E-state index contributed by atoms with van der Waals surface area (Å²) < 4.78 is 1.50. The van der Waals surface area contributed by atoms with Crippen LogP contribution in [0.15, 0.2) is 24.3 Å². The number of benzene rings is 1. The predicted molar refractivity (Wildman–Crippen MR) is 107 cm³/mol. The van der Waals surface area contributed by atoms with Crippen LogP contribution in [0.25, 0.3) is 4.96 Å². The molecule has 9 heteroatoms. The van der Waals surface area contributed by atoms with Crippen molar-refractivity contribution in [2.24, 2.45) is 5.92 Å². The molecule has 2 aromatic heterocycles. The van der Waals surface area contributed by atoms with E-state index in [1.54, 1.807) is 12.1 Å². The molecular weight excluding hydrogens is 378 g/mol. The Morgan fingerprint density at radius 2 is 2.14 bits per heavy atom. The Morgan fingerprint density at radius 3 is 2.75 bits per heavy atom. The Labute approximate surface area is 166 Å². The number of piperidine rings is 1. The first kappa shape index (κ1) is 18.8. The quantitative estimate of drug-likeness (QED) is 0.516. The van der Waals surface area contributed by atoms with Crippen molar-refractivity contribution in [3.05, 3.63) is 50.6 Å². The molecule has 1 N–H and O–H groups in total. The third-order valence-electron chi connectivity index (χ3n) is 5.28. The average Bonchev–Trinajstić information content (AvgIpc) is 3.22. The predicted octanol–water partition coefficient (Wildman–Crippen LogP) is 3.79. The summed E-state index contributed by atoms with van der Waals surface area (Å²) >= 11 is 1.43. The summed E-state index contributed by atoms with van der Waals surface area (Å²) in [6.45, 7) is 6.04. The van der Waals surface area contributed by atoms with Gasteiger partial charge in [-0.05, 0) is 30.9 Å². The molecule has 0 bridgehead atoms. The number of aryl methyl sites for hydroxylation is 1. The lowest BCUT2D eigenvalue weighted by Crippen LogP contribution is -2.37. The molecule has 1 saturated heterocycles. The largest absolute Gasteiger partial charge is 0.492 e. The van der Waals surface area contributed by atoms with Gasteiger partial charge in [-0.15, -0.1) is 5.10 Å². The molecule has 1 aliphatic rings. The van der Waals surface area contributed by atoms with Gasteiger partial charge < -0.3 is 5.11 Å². The number of nitro benzene ring substituents is 1. The third-order valence-corrected chi connectivity index (χ3v) is 6.35. The smallest absolute Gasteiger partial charge is 0.269 e. The lowest BCUT2D eigenvalue weighted by molar-refractivity contribution is -0.384. The Morgan fingerprint density at radius 1 is 1.39 bits per heavy atom. The van der Waals surface area contributed by atoms with E-state index < -0.39 is 4.92 Å². The van der Waals surface area contributed by atoms with Crippen LogP contribution in [0.4, 0.5) is 5.69 Å². The molecule has 148 valence electrons. The number of non-ortho nitro benzene ring substituents is 1. The fraction of sp³-hybridized carbons (Fsp3) is 0.474. The van der Waals surface area contributed by atoms with Gasteiger partial charge in [0.25, 0.3) is 5.69 Å². The molecule has 28 heavy (non-hydrogen) atoms. The Kier molecular flexibility index (Phi) is 5.03. The zero-order valence-electron chi connectivity index (χ0n) is 15.9. The van der Waals surface area contributed by atoms with E-state index in [1.807, 2.05) is 6.92 Å². The van der Waals surface area contributed by atoms with Crippen molar-refractivity contribution in [3.8, 4) is 5.88 Å². The van der Waals surface area contributed by atoms with Gasteiger partial charge in [-0.25, -0.2) is 4.98 Å². The van der Waals surface area contributed by atoms with Crippen LogP contribution in [-0.2, 0) is 6.42 Å². The number of hydrogen-bond acceptors (Lipinski definition) is 7. The Bertz CT molecular complexity index is 997. The molecule has 3 heterocycles. The van der Waals surface area contributed by atoms with Gasteiger partial charge in [-0.1, -0.05) is 37.3 Å². The van der Waals surface area contributed by atoms with Crippen LogP contribution in [0.3, 0.4) is 0 Å². The summed E-state index contributed by atoms with van der Waals surface area (Å²) in [5.74, 6) is 1.37. The van der Waals surface area contributed by atoms with E-state index in [4.69, 9.17) is 0 Å². The van der Waals surface area contributed by atoms with Crippen molar-refractivity contribution in [3.63, 3.8) is 0 Å². The zero-order valence-corrected chi connectivity index (χ0v) is 16.7. The van der Waals surface area contributed by atoms with Crippen LogP contribution in [0, 0.1) is 16.0 Å². The normalized spacial score (nSPS) is 19.1. The second kappa shape index (κ2) is 7.48. The maximum Gasteiger partial charge on any atom is 0.269 e. The minimum Gasteiger partial charge on any atom is -0.492 e. The van der Waals surface area contributed by atoms with E-state index in [0.717, 1.165) is 30.0 Å². The van der Waals surface area contributed by atoms with Gasteiger partial charge in [0.15, 0.2) is 5.82 Å². The number of thiazole rings is 1. The number of fused-ring (bicyclic) bond motifs is 1. The summed E-state index contributed by atoms with van der Waals surface area (Å²) in [5, 5.41) is 26.3. The summed E-state index contributed by atoms with van der Waals surface area (Å²) in [6, 6.07) is 6.45. The molecular formula is C19H23N5O3S. The van der Waals surface area contributed by atoms with Crippen LogP contribution in [-0.4, -0.2) is 42.6 Å². The number of hydrogen-bond donors (Lipinski definition) is 1. The van der Waals surface area contributed by atoms with E-state index in [-0.39, 0.29) is 17.6 Å². The number of nitro groups is 1. The molecule has 0 spiro atoms. The standard InChI is InChI=1S/C19H23N5O3S/c1-3-15-20-19-23(21-15)18(25)17(28-19)16(22-10-4-5-12(2)11-22)13-6-8-14(9-7-13)24(26)27/h6-9,12,16,25H,3-5,10-11H2,1-2H3/t12-,16+/m0/s1. The second-order valence-corrected chi connectivity index (χ2v) is 8.37. The molecule has 0 unspecified atom stereocenters. The van der Waals surface area contributed by atoms with Crippen LogP contribution in [0.1, 0.15) is 49.0 Å². The monoisotopic (exact) mass is 401 g/mol. The first-order valence-corrected chi connectivity index (χ1v) is 10.3. The number of rotatable bonds is 5. The molecule has 2 atom stereocenters. The molecule has 0 amide bonds. The minimum absolute atomic E-state index is 0.0639. The van der Waals surface area contributed by atoms with Crippen LogP contribution in [0.2, 0.25) is 0 Å². The highest BCUT2D eigenvalue weighted by atomic mass is 32.1. The minimum atomic E-state index is -0.394. The van der Waals surface area contributed by atoms with E-state index in [0.29, 0.717) is 23.1 Å². The van der Waals surface area contributed by atoms with Gasteiger partial charge in [-0.2, -0.15) is 4.52 Å². The van der Waals surface area contributed by atoms with Crippen LogP contribution < -0.4 is 0 Å². The second-order valence-electron chi connectivity index (χ2n) is 7.36. The van der Waals surface area contributed by atoms with Crippen molar-refractivity contribution < 1.29 is 10.0 Å². The van der Waals surface area contributed by atoms with Gasteiger partial charge in [0, 0.05) is 25.1 Å². The summed E-state index contributed by atoms with van der Waals surface area (Å²) in [7, 11) is 0. The van der Waals surface area contributed by atoms with Crippen molar-refractivity contribution in [2.75, 3.05) is 13.1 Å². The maximum absolute atomic E-state index is 11.0. The molecule has 8 nitrogen and oxygen atoms in total. The first-order valence-electron chi connectivity index (χ1n) is 9.53. The van der Waals surface area contributed by atoms with Crippen molar-refractivity contribution in [1.82, 2.24) is 19.5 Å². The fourth-order valence-corrected chi connectivity index (χ4v) is 5.02. The van der Waals surface area contributed by atoms with Gasteiger partial charge in [0.05, 0.1) is 15.8 Å². The third kappa shape index (κ3) is 3.35. The van der Waals surface area contributed by atoms with E-state index >= 15 is 0 Å². The molecule has 0 aliphatic carbocycles. The summed E-state index contributed by atoms with van der Waals surface area (Å²) in [4.78, 5) is 18.9. The number of aromatic nitrogens is 3. The van der Waals surface area contributed by atoms with Crippen molar-refractivity contribution in [1.29, 1.82) is 0 Å². The highest BCUT2D eigenvalue weighted by Gasteiger charge is 2.32. The van der Waals surface area contributed by atoms with E-state index in [2.05, 4.69) is 21.9 Å². The maximum atomic E-state index is 11.0. The van der Waals surface area contributed by atoms with Gasteiger partial charge >= 0.3 is 0 Å². The van der Waals surface area contributed by atoms with Crippen LogP contribution in [0.5, 0.6) is 5.88 Å². The van der Waals surface area contributed by atoms with Gasteiger partial charge in [-0.3, -0.25) is 15.0 Å². The number of aromatic hydroxyl groups is 1. The van der Waals surface area contributed by atoms with Crippen molar-refractivity contribution >= 4 is 22.0 Å². The highest BCUT2D eigenvalue weighted by Crippen LogP contribution is 2.41. The Balaban J connectivity index is 1.79. The molecule has 1 aromatic carbocycles. The molecule has 1 fully saturated rings. The lowest BCUT2D eigenvalue weighted by Gasteiger charge is -2.37. The van der Waals surface area contributed by atoms with E-state index in [1.165, 1.54) is 34.4 Å². The van der Waals surface area contributed by atoms with Gasteiger partial charge in [0.2, 0.25) is 10.8 Å². The molecule has 0 radical (unpaired) electrons. The molecule has 3 aromatic rings. The number of nitrogens with zero attached hydrogens (tertiary/aromatic N) is 5. The highest BCUT2D eigenvalue weighted by molar-refractivity contribution is 7.17. The molecule has 1 aliphatic heterocycles. The fourth-order valence-electron chi connectivity index (χ4n) is 3.89. The van der Waals surface area contributed by atoms with Crippen molar-refractivity contribution in [2.45, 2.75) is 39.2 Å². The van der Waals surface area contributed by atoms with Gasteiger partial charge in [0.1, 0.15) is 0 Å². The summed E-state index contributed by atoms with van der Waals surface area (Å²) in [6.07, 6.45) is 2.98. The topological polar surface area (TPSA) is 96.8 Å². The molecule has 0 saturated carbocycles. The summed E-state index contributed by atoms with van der Waals surface area (Å²) in [5.41, 5.74) is 0.990. The average molecular weight is 401 g/mol. The van der Waals surface area contributed by atoms with Crippen LogP contribution >= 0.6 is 11.3 Å². The molecule has 4 rings (SSSR count). The zero-order chi connectivity index (χ0) is 19.8. The Hall–Kier alpha value is -2.52.